The number of nitrogens with zero attached hydrogens (tertiary/aromatic N) is 5. The van der Waals surface area contributed by atoms with Gasteiger partial charge in [-0.2, -0.15) is 0 Å². The van der Waals surface area contributed by atoms with E-state index in [1.807, 2.05) is 32.9 Å². The van der Waals surface area contributed by atoms with Gasteiger partial charge < -0.3 is 24.3 Å². The van der Waals surface area contributed by atoms with Crippen molar-refractivity contribution in [1.82, 2.24) is 14.8 Å². The number of likely N-dealkylation sites (tertiary alicyclic amines) is 1. The molecule has 0 bridgehead atoms. The minimum atomic E-state index is -0.469. The molecular formula is C34H40N6O4S. The lowest BCUT2D eigenvalue weighted by atomic mass is 10.0. The van der Waals surface area contributed by atoms with Gasteiger partial charge in [-0.1, -0.05) is 23.3 Å². The summed E-state index contributed by atoms with van der Waals surface area (Å²) in [7, 11) is 1.63. The first-order valence-electron chi connectivity index (χ1n) is 15.7. The second-order valence-corrected chi connectivity index (χ2v) is 14.2. The Labute approximate surface area is 266 Å². The molecule has 45 heavy (non-hydrogen) atoms. The first-order chi connectivity index (χ1) is 21.6. The summed E-state index contributed by atoms with van der Waals surface area (Å²) in [6.07, 6.45) is 3.65. The Morgan fingerprint density at radius 1 is 1.16 bits per heavy atom. The highest BCUT2D eigenvalue weighted by atomic mass is 32.1. The third-order valence-electron chi connectivity index (χ3n) is 8.44. The van der Waals surface area contributed by atoms with E-state index < -0.39 is 11.6 Å². The van der Waals surface area contributed by atoms with Gasteiger partial charge in [-0.05, 0) is 94.2 Å². The number of amides is 2. The molecular weight excluding hydrogens is 588 g/mol. The summed E-state index contributed by atoms with van der Waals surface area (Å²) in [6.45, 7) is 7.91. The molecule has 2 amide bonds. The topological polar surface area (TPSA) is 122 Å². The Bertz CT molecular complexity index is 1790. The van der Waals surface area contributed by atoms with Crippen molar-refractivity contribution < 1.29 is 19.1 Å². The predicted octanol–water partition coefficient (Wildman–Crippen LogP) is 7.92. The van der Waals surface area contributed by atoms with Gasteiger partial charge >= 0.3 is 6.09 Å². The van der Waals surface area contributed by atoms with Crippen LogP contribution in [0.1, 0.15) is 62.4 Å². The van der Waals surface area contributed by atoms with Gasteiger partial charge in [-0.15, -0.1) is 11.3 Å². The molecule has 6 rings (SSSR count). The van der Waals surface area contributed by atoms with Crippen molar-refractivity contribution in [3.05, 3.63) is 64.0 Å². The monoisotopic (exact) mass is 628 g/mol. The van der Waals surface area contributed by atoms with E-state index in [1.165, 1.54) is 23.7 Å². The zero-order valence-electron chi connectivity index (χ0n) is 26.3. The Hall–Kier alpha value is -4.21. The van der Waals surface area contributed by atoms with E-state index in [2.05, 4.69) is 50.2 Å². The number of fused-ring (bicyclic) bond motifs is 2. The van der Waals surface area contributed by atoms with Gasteiger partial charge in [-0.3, -0.25) is 4.79 Å². The van der Waals surface area contributed by atoms with Crippen LogP contribution in [0.2, 0.25) is 0 Å². The summed E-state index contributed by atoms with van der Waals surface area (Å²) in [5, 5.41) is 8.83. The molecule has 3 heterocycles. The molecule has 2 aliphatic rings. The van der Waals surface area contributed by atoms with Crippen LogP contribution in [-0.4, -0.2) is 59.9 Å². The third kappa shape index (κ3) is 6.74. The number of alkyl carbamates (subject to hydrolysis) is 1. The standard InChI is InChI=1S/C34H40N6O4S/c1-34(2,3)37-33(42)44-24-9-7-15-39(20-24)32(41)23-17-28(43-4)30-25(13-14-36-38-35)31(45-29(30)18-23)27-16-22-8-5-6-10-26(22)40(27)19-21-11-12-21/h5-6,8,10,16-18,21,24H,7,9,11-15,19-20H2,1-4H3,(H,37,42)/t24-/m1/s1. The van der Waals surface area contributed by atoms with E-state index in [4.69, 9.17) is 15.0 Å². The van der Waals surface area contributed by atoms with Crippen molar-refractivity contribution in [2.45, 2.75) is 71.1 Å². The highest BCUT2D eigenvalue weighted by Gasteiger charge is 2.30. The maximum Gasteiger partial charge on any atom is 0.407 e. The van der Waals surface area contributed by atoms with E-state index >= 15 is 0 Å². The summed E-state index contributed by atoms with van der Waals surface area (Å²) >= 11 is 1.65. The molecule has 0 radical (unpaired) electrons. The molecule has 1 N–H and O–H groups in total. The summed E-state index contributed by atoms with van der Waals surface area (Å²) < 4.78 is 15.0. The van der Waals surface area contributed by atoms with Crippen LogP contribution in [0.15, 0.2) is 47.6 Å². The Morgan fingerprint density at radius 3 is 2.69 bits per heavy atom. The van der Waals surface area contributed by atoms with Crippen molar-refractivity contribution >= 4 is 44.3 Å². The molecule has 1 saturated heterocycles. The highest BCUT2D eigenvalue weighted by Crippen LogP contribution is 2.46. The number of aromatic nitrogens is 1. The minimum absolute atomic E-state index is 0.117. The number of rotatable bonds is 9. The number of methoxy groups -OCH3 is 1. The molecule has 4 aromatic rings. The second kappa shape index (κ2) is 12.7. The van der Waals surface area contributed by atoms with Crippen molar-refractivity contribution in [3.8, 4) is 16.3 Å². The molecule has 11 heteroatoms. The number of para-hydroxylation sites is 1. The van der Waals surface area contributed by atoms with E-state index in [1.54, 1.807) is 23.3 Å². The van der Waals surface area contributed by atoms with Crippen LogP contribution in [0.4, 0.5) is 4.79 Å². The summed E-state index contributed by atoms with van der Waals surface area (Å²) in [4.78, 5) is 32.2. The van der Waals surface area contributed by atoms with Crippen LogP contribution in [0.25, 0.3) is 42.0 Å². The summed E-state index contributed by atoms with van der Waals surface area (Å²) in [6, 6.07) is 14.5. The fourth-order valence-electron chi connectivity index (χ4n) is 6.23. The van der Waals surface area contributed by atoms with Gasteiger partial charge in [0, 0.05) is 56.6 Å². The van der Waals surface area contributed by atoms with Gasteiger partial charge in [0.15, 0.2) is 0 Å². The number of thiophene rings is 1. The van der Waals surface area contributed by atoms with Crippen LogP contribution >= 0.6 is 11.3 Å². The molecule has 1 aliphatic heterocycles. The SMILES string of the molecule is COc1cc(C(=O)N2CCC[C@@H](OC(=O)NC(C)(C)C)C2)cc2sc(-c3cc4ccccc4n3CC3CC3)c(CCN=[N+]=[N-])c12. The smallest absolute Gasteiger partial charge is 0.407 e. The maximum absolute atomic E-state index is 13.9. The molecule has 2 aromatic heterocycles. The molecule has 10 nitrogen and oxygen atoms in total. The number of azide groups is 1. The fraction of sp³-hybridized carbons (Fsp3) is 0.471. The zero-order chi connectivity index (χ0) is 31.7. The number of benzene rings is 2. The molecule has 0 spiro atoms. The molecule has 1 aliphatic carbocycles. The highest BCUT2D eigenvalue weighted by molar-refractivity contribution is 7.22. The maximum atomic E-state index is 13.9. The largest absolute Gasteiger partial charge is 0.496 e. The van der Waals surface area contributed by atoms with Gasteiger partial charge in [0.2, 0.25) is 0 Å². The average molecular weight is 629 g/mol. The summed E-state index contributed by atoms with van der Waals surface area (Å²) in [5.41, 5.74) is 12.6. The zero-order valence-corrected chi connectivity index (χ0v) is 27.2. The van der Waals surface area contributed by atoms with Crippen molar-refractivity contribution in [3.63, 3.8) is 0 Å². The quantitative estimate of drug-likeness (QED) is 0.115. The van der Waals surface area contributed by atoms with E-state index in [0.29, 0.717) is 49.7 Å². The molecule has 1 saturated carbocycles. The molecule has 2 aromatic carbocycles. The lowest BCUT2D eigenvalue weighted by Crippen LogP contribution is -2.47. The number of hydrogen-bond donors (Lipinski definition) is 1. The van der Waals surface area contributed by atoms with Crippen molar-refractivity contribution in [2.75, 3.05) is 26.7 Å². The average Bonchev–Trinajstić information content (AvgIpc) is 3.65. The number of piperidine rings is 1. The third-order valence-corrected chi connectivity index (χ3v) is 9.64. The molecule has 1 atom stereocenters. The predicted molar refractivity (Wildman–Crippen MR) is 178 cm³/mol. The first-order valence-corrected chi connectivity index (χ1v) is 16.5. The van der Waals surface area contributed by atoms with Crippen LogP contribution in [0.3, 0.4) is 0 Å². The number of ether oxygens (including phenoxy) is 2. The lowest BCUT2D eigenvalue weighted by molar-refractivity contribution is 0.0322. The van der Waals surface area contributed by atoms with Crippen molar-refractivity contribution in [1.29, 1.82) is 0 Å². The Balaban J connectivity index is 1.37. The number of carbonyl (C=O) groups excluding carboxylic acids is 2. The van der Waals surface area contributed by atoms with Gasteiger partial charge in [0.25, 0.3) is 5.91 Å². The normalized spacial score (nSPS) is 16.9. The minimum Gasteiger partial charge on any atom is -0.496 e. The fourth-order valence-corrected chi connectivity index (χ4v) is 7.56. The van der Waals surface area contributed by atoms with Crippen LogP contribution in [0, 0.1) is 5.92 Å². The first kappa shape index (κ1) is 30.8. The van der Waals surface area contributed by atoms with E-state index in [9.17, 15) is 9.59 Å². The molecule has 236 valence electrons. The second-order valence-electron chi connectivity index (χ2n) is 13.1. The Kier molecular flexibility index (Phi) is 8.66. The molecule has 2 fully saturated rings. The van der Waals surface area contributed by atoms with E-state index in [-0.39, 0.29) is 12.0 Å². The van der Waals surface area contributed by atoms with E-state index in [0.717, 1.165) is 39.2 Å². The van der Waals surface area contributed by atoms with Gasteiger partial charge in [0.1, 0.15) is 11.9 Å². The van der Waals surface area contributed by atoms with Crippen LogP contribution < -0.4 is 10.1 Å². The number of hydrogen-bond acceptors (Lipinski definition) is 6. The van der Waals surface area contributed by atoms with Crippen molar-refractivity contribution in [2.24, 2.45) is 11.0 Å². The number of nitrogens with one attached hydrogen (secondary N) is 1. The Morgan fingerprint density at radius 2 is 1.96 bits per heavy atom. The van der Waals surface area contributed by atoms with Gasteiger partial charge in [-0.25, -0.2) is 4.79 Å². The van der Waals surface area contributed by atoms with Gasteiger partial charge in [0.05, 0.1) is 24.2 Å². The van der Waals surface area contributed by atoms with Crippen LogP contribution in [0.5, 0.6) is 5.75 Å². The number of carbonyl (C=O) groups is 2. The molecule has 0 unspecified atom stereocenters. The van der Waals surface area contributed by atoms with Crippen LogP contribution in [-0.2, 0) is 17.7 Å². The lowest BCUT2D eigenvalue weighted by Gasteiger charge is -2.33. The summed E-state index contributed by atoms with van der Waals surface area (Å²) in [5.74, 6) is 1.18.